The Balaban J connectivity index is 1.59. The number of rotatable bonds is 8. The second kappa shape index (κ2) is 10.8. The van der Waals surface area contributed by atoms with Gasteiger partial charge in [0.15, 0.2) is 0 Å². The van der Waals surface area contributed by atoms with Crippen LogP contribution in [0.4, 0.5) is 0 Å². The summed E-state index contributed by atoms with van der Waals surface area (Å²) < 4.78 is 0. The first-order valence-corrected chi connectivity index (χ1v) is 13.5. The Morgan fingerprint density at radius 2 is 1.81 bits per heavy atom. The van der Waals surface area contributed by atoms with Gasteiger partial charge in [-0.2, -0.15) is 0 Å². The molecule has 2 aromatic rings. The van der Waals surface area contributed by atoms with Gasteiger partial charge in [0, 0.05) is 17.0 Å². The third-order valence-corrected chi connectivity index (χ3v) is 7.65. The van der Waals surface area contributed by atoms with E-state index in [2.05, 4.69) is 101 Å². The van der Waals surface area contributed by atoms with E-state index in [4.69, 9.17) is 9.90 Å². The Labute approximate surface area is 217 Å². The van der Waals surface area contributed by atoms with Gasteiger partial charge in [0.05, 0.1) is 0 Å². The minimum atomic E-state index is 0.0583. The Kier molecular flexibility index (Phi) is 7.37. The lowest BCUT2D eigenvalue weighted by Gasteiger charge is -2.18. The van der Waals surface area contributed by atoms with E-state index in [-0.39, 0.29) is 6.85 Å². The molecule has 1 saturated carbocycles. The molecule has 2 nitrogen and oxygen atoms in total. The van der Waals surface area contributed by atoms with E-state index in [0.717, 1.165) is 42.9 Å². The standard InChI is InChI=1S/C33H37BN2/c1-5-24(3)35-25(4)34-32(21-27-18-19-27)31(20-26-16-14-23(2)15-17-26)33(36-34)30-13-9-12-29(22-30)28-10-7-6-8-11-28/h5-8,10-12,14-17,22,27H,9,13,18-21H2,1-4H3/b24-5-,35-25+. The quantitative estimate of drug-likeness (QED) is 0.272. The lowest BCUT2D eigenvalue weighted by molar-refractivity contribution is 0.841. The molecule has 0 radical (unpaired) electrons. The highest BCUT2D eigenvalue weighted by Crippen LogP contribution is 2.41. The van der Waals surface area contributed by atoms with Crippen LogP contribution >= 0.6 is 0 Å². The van der Waals surface area contributed by atoms with Crippen LogP contribution in [0.25, 0.3) is 5.57 Å². The number of allylic oxidation sites excluding steroid dienone is 8. The smallest absolute Gasteiger partial charge is 0.328 e. The molecular formula is C33H37BN2. The highest BCUT2D eigenvalue weighted by molar-refractivity contribution is 6.97. The molecule has 0 saturated heterocycles. The molecule has 5 rings (SSSR count). The summed E-state index contributed by atoms with van der Waals surface area (Å²) in [5.41, 5.74) is 13.0. The molecule has 0 unspecified atom stereocenters. The van der Waals surface area contributed by atoms with Crippen molar-refractivity contribution in [1.82, 2.24) is 0 Å². The topological polar surface area (TPSA) is 24.7 Å². The molecule has 0 spiro atoms. The molecule has 3 heteroatoms. The van der Waals surface area contributed by atoms with Crippen molar-refractivity contribution in [1.29, 1.82) is 0 Å². The van der Waals surface area contributed by atoms with Crippen molar-refractivity contribution in [3.8, 4) is 0 Å². The van der Waals surface area contributed by atoms with Gasteiger partial charge in [0.1, 0.15) is 0 Å². The number of benzene rings is 2. The Morgan fingerprint density at radius 1 is 1.06 bits per heavy atom. The van der Waals surface area contributed by atoms with E-state index in [1.165, 1.54) is 57.4 Å². The fraction of sp³-hybridized carbons (Fsp3) is 0.333. The fourth-order valence-electron chi connectivity index (χ4n) is 5.32. The molecule has 0 bridgehead atoms. The van der Waals surface area contributed by atoms with Crippen molar-refractivity contribution in [3.05, 3.63) is 112 Å². The molecule has 1 fully saturated rings. The van der Waals surface area contributed by atoms with Crippen molar-refractivity contribution < 1.29 is 0 Å². The van der Waals surface area contributed by atoms with Crippen molar-refractivity contribution in [2.24, 2.45) is 15.8 Å². The number of nitrogens with zero attached hydrogens (tertiary/aromatic N) is 2. The van der Waals surface area contributed by atoms with E-state index in [1.807, 2.05) is 0 Å². The number of aryl methyl sites for hydroxylation is 1. The van der Waals surface area contributed by atoms with E-state index in [9.17, 15) is 0 Å². The molecule has 1 aliphatic heterocycles. The fourth-order valence-corrected chi connectivity index (χ4v) is 5.32. The van der Waals surface area contributed by atoms with E-state index >= 15 is 0 Å². The number of hydrogen-bond acceptors (Lipinski definition) is 2. The van der Waals surface area contributed by atoms with Crippen molar-refractivity contribution in [2.45, 2.75) is 66.2 Å². The Hall–Kier alpha value is -3.20. The average Bonchev–Trinajstić information content (AvgIpc) is 3.66. The molecular weight excluding hydrogens is 435 g/mol. The summed E-state index contributed by atoms with van der Waals surface area (Å²) in [5, 5.41) is 0. The van der Waals surface area contributed by atoms with Crippen LogP contribution in [0.5, 0.6) is 0 Å². The minimum Gasteiger partial charge on any atom is -0.328 e. The molecule has 182 valence electrons. The van der Waals surface area contributed by atoms with Gasteiger partial charge in [-0.15, -0.1) is 0 Å². The summed E-state index contributed by atoms with van der Waals surface area (Å²) >= 11 is 0. The van der Waals surface area contributed by atoms with Gasteiger partial charge in [-0.05, 0) is 106 Å². The predicted molar refractivity (Wildman–Crippen MR) is 157 cm³/mol. The first kappa shape index (κ1) is 24.5. The second-order valence-electron chi connectivity index (χ2n) is 10.6. The molecule has 0 N–H and O–H groups in total. The van der Waals surface area contributed by atoms with Crippen molar-refractivity contribution in [3.63, 3.8) is 0 Å². The first-order valence-electron chi connectivity index (χ1n) is 13.5. The molecule has 2 aromatic carbocycles. The van der Waals surface area contributed by atoms with Crippen LogP contribution in [-0.4, -0.2) is 18.2 Å². The van der Waals surface area contributed by atoms with Crippen molar-refractivity contribution >= 4 is 23.7 Å². The van der Waals surface area contributed by atoms with Crippen LogP contribution < -0.4 is 0 Å². The van der Waals surface area contributed by atoms with Gasteiger partial charge in [0.2, 0.25) is 0 Å². The normalized spacial score (nSPS) is 18.9. The second-order valence-corrected chi connectivity index (χ2v) is 10.6. The summed E-state index contributed by atoms with van der Waals surface area (Å²) in [6, 6.07) is 19.8. The van der Waals surface area contributed by atoms with Gasteiger partial charge in [-0.1, -0.05) is 77.8 Å². The van der Waals surface area contributed by atoms with Crippen LogP contribution in [0.3, 0.4) is 0 Å². The van der Waals surface area contributed by atoms with Gasteiger partial charge in [-0.3, -0.25) is 4.99 Å². The minimum absolute atomic E-state index is 0.0583. The lowest BCUT2D eigenvalue weighted by atomic mass is 9.51. The molecule has 0 amide bonds. The lowest BCUT2D eigenvalue weighted by Crippen LogP contribution is -2.23. The third-order valence-electron chi connectivity index (χ3n) is 7.65. The third kappa shape index (κ3) is 5.62. The van der Waals surface area contributed by atoms with Crippen LogP contribution in [0, 0.1) is 12.8 Å². The van der Waals surface area contributed by atoms with Crippen molar-refractivity contribution in [2.75, 3.05) is 0 Å². The summed E-state index contributed by atoms with van der Waals surface area (Å²) in [4.78, 5) is 10.4. The number of aliphatic imine (C=N–C) groups is 1. The van der Waals surface area contributed by atoms with E-state index < -0.39 is 0 Å². The number of hydrogen-bond donors (Lipinski definition) is 0. The summed E-state index contributed by atoms with van der Waals surface area (Å²) in [5.74, 6) is 0.806. The maximum Gasteiger partial charge on any atom is 0.355 e. The molecule has 36 heavy (non-hydrogen) atoms. The summed E-state index contributed by atoms with van der Waals surface area (Å²) in [6.07, 6.45) is 13.7. The van der Waals surface area contributed by atoms with E-state index in [0.29, 0.717) is 0 Å². The molecule has 3 aliphatic rings. The van der Waals surface area contributed by atoms with Gasteiger partial charge >= 0.3 is 6.85 Å². The molecule has 0 atom stereocenters. The van der Waals surface area contributed by atoms with Gasteiger partial charge < -0.3 is 4.90 Å². The zero-order chi connectivity index (χ0) is 25.1. The molecule has 2 aliphatic carbocycles. The Morgan fingerprint density at radius 3 is 2.50 bits per heavy atom. The maximum absolute atomic E-state index is 5.47. The largest absolute Gasteiger partial charge is 0.355 e. The zero-order valence-corrected chi connectivity index (χ0v) is 22.2. The molecule has 0 aromatic heterocycles. The SMILES string of the molecule is C/C=C(C)\N=C(/C)B1N=C(C2=CC(c3ccccc3)=CCC2)C(Cc2ccc(C)cc2)=C1CC1CC1. The van der Waals surface area contributed by atoms with Crippen LogP contribution in [0.15, 0.2) is 105 Å². The predicted octanol–water partition coefficient (Wildman–Crippen LogP) is 8.35. The highest BCUT2D eigenvalue weighted by Gasteiger charge is 2.38. The molecule has 1 heterocycles. The van der Waals surface area contributed by atoms with E-state index in [1.54, 1.807) is 0 Å². The average molecular weight is 472 g/mol. The summed E-state index contributed by atoms with van der Waals surface area (Å²) in [6.45, 7) is 8.53. The van der Waals surface area contributed by atoms with Crippen LogP contribution in [-0.2, 0) is 6.42 Å². The highest BCUT2D eigenvalue weighted by atomic mass is 14.8. The Bertz CT molecular complexity index is 1300. The maximum atomic E-state index is 5.47. The first-order chi connectivity index (χ1) is 17.5. The van der Waals surface area contributed by atoms with Crippen LogP contribution in [0.2, 0.25) is 0 Å². The van der Waals surface area contributed by atoms with Crippen LogP contribution in [0.1, 0.15) is 69.6 Å². The summed E-state index contributed by atoms with van der Waals surface area (Å²) in [7, 11) is 0. The van der Waals surface area contributed by atoms with Gasteiger partial charge in [0.25, 0.3) is 0 Å². The van der Waals surface area contributed by atoms with Gasteiger partial charge in [-0.25, -0.2) is 0 Å². The monoisotopic (exact) mass is 472 g/mol. The zero-order valence-electron chi connectivity index (χ0n) is 22.2.